The maximum atomic E-state index is 12.3. The lowest BCUT2D eigenvalue weighted by Gasteiger charge is -2.12. The molecule has 0 aliphatic rings. The Kier molecular flexibility index (Phi) is 5.17. The number of ether oxygens (including phenoxy) is 3. The van der Waals surface area contributed by atoms with E-state index in [2.05, 4.69) is 4.98 Å². The van der Waals surface area contributed by atoms with Crippen LogP contribution in [-0.4, -0.2) is 30.8 Å². The molecule has 0 amide bonds. The Labute approximate surface area is 171 Å². The third-order valence-electron chi connectivity index (χ3n) is 4.50. The van der Waals surface area contributed by atoms with Crippen LogP contribution in [0.2, 0.25) is 0 Å². The van der Waals surface area contributed by atoms with E-state index in [4.69, 9.17) is 18.6 Å². The minimum atomic E-state index is -0.699. The molecule has 30 heavy (non-hydrogen) atoms. The van der Waals surface area contributed by atoms with Gasteiger partial charge >= 0.3 is 0 Å². The molecule has 2 heterocycles. The molecule has 0 N–H and O–H groups in total. The summed E-state index contributed by atoms with van der Waals surface area (Å²) in [6, 6.07) is 14.6. The minimum absolute atomic E-state index is 0.00737. The Hall–Kier alpha value is -4.13. The summed E-state index contributed by atoms with van der Waals surface area (Å²) in [5.74, 6) is 0.843. The van der Waals surface area contributed by atoms with Gasteiger partial charge in [-0.25, -0.2) is 0 Å². The highest BCUT2D eigenvalue weighted by molar-refractivity contribution is 6.48. The Morgan fingerprint density at radius 2 is 1.60 bits per heavy atom. The molecule has 0 aliphatic carbocycles. The lowest BCUT2D eigenvalue weighted by Crippen LogP contribution is -2.13. The molecule has 0 radical (unpaired) electrons. The molecular weight excluding hydrogens is 386 g/mol. The highest BCUT2D eigenvalue weighted by Crippen LogP contribution is 2.36. The maximum Gasteiger partial charge on any atom is 0.268 e. The molecule has 4 aromatic rings. The number of hydrogen-bond acceptors (Lipinski definition) is 7. The number of ketones is 2. The number of Topliss-reactive ketones (excluding diaryl/α,β-unsaturated/α-hetero) is 2. The molecular formula is C23H17NO6. The molecule has 0 saturated heterocycles. The quantitative estimate of drug-likeness (QED) is 0.326. The van der Waals surface area contributed by atoms with Gasteiger partial charge in [-0.1, -0.05) is 0 Å². The van der Waals surface area contributed by atoms with Crippen molar-refractivity contribution in [2.24, 2.45) is 0 Å². The van der Waals surface area contributed by atoms with Gasteiger partial charge in [0.25, 0.3) is 5.78 Å². The molecule has 7 heteroatoms. The van der Waals surface area contributed by atoms with Gasteiger partial charge in [-0.3, -0.25) is 14.6 Å². The van der Waals surface area contributed by atoms with Gasteiger partial charge in [0.2, 0.25) is 5.78 Å². The number of hydrogen-bond donors (Lipinski definition) is 0. The predicted octanol–water partition coefficient (Wildman–Crippen LogP) is 4.70. The summed E-state index contributed by atoms with van der Waals surface area (Å²) >= 11 is 0. The number of nitrogens with zero attached hydrogens (tertiary/aromatic N) is 1. The normalized spacial score (nSPS) is 10.6. The average Bonchev–Trinajstić information content (AvgIpc) is 3.33. The van der Waals surface area contributed by atoms with Gasteiger partial charge in [-0.15, -0.1) is 0 Å². The van der Waals surface area contributed by atoms with Crippen LogP contribution >= 0.6 is 0 Å². The minimum Gasteiger partial charge on any atom is -0.493 e. The summed E-state index contributed by atoms with van der Waals surface area (Å²) in [7, 11) is 3.11. The number of furan rings is 1. The monoisotopic (exact) mass is 403 g/mol. The van der Waals surface area contributed by atoms with Crippen LogP contribution in [0.5, 0.6) is 23.0 Å². The largest absolute Gasteiger partial charge is 0.493 e. The SMILES string of the molecule is COc1cc2nccc(Oc3ccc(C(=O)C(=O)c4ccco4)cc3)c2cc1OC. The van der Waals surface area contributed by atoms with Crippen molar-refractivity contribution in [3.63, 3.8) is 0 Å². The molecule has 7 nitrogen and oxygen atoms in total. The van der Waals surface area contributed by atoms with E-state index in [0.29, 0.717) is 28.5 Å². The Morgan fingerprint density at radius 1 is 0.867 bits per heavy atom. The molecule has 0 saturated carbocycles. The molecule has 0 aliphatic heterocycles. The van der Waals surface area contributed by atoms with E-state index >= 15 is 0 Å². The first-order valence-corrected chi connectivity index (χ1v) is 9.02. The smallest absolute Gasteiger partial charge is 0.268 e. The van der Waals surface area contributed by atoms with Crippen molar-refractivity contribution in [2.45, 2.75) is 0 Å². The van der Waals surface area contributed by atoms with Crippen molar-refractivity contribution in [1.82, 2.24) is 4.98 Å². The number of benzene rings is 2. The summed E-state index contributed by atoms with van der Waals surface area (Å²) in [6.07, 6.45) is 2.98. The van der Waals surface area contributed by atoms with Crippen molar-refractivity contribution in [1.29, 1.82) is 0 Å². The van der Waals surface area contributed by atoms with Crippen molar-refractivity contribution >= 4 is 22.5 Å². The van der Waals surface area contributed by atoms with E-state index in [1.807, 2.05) is 0 Å². The first kappa shape index (κ1) is 19.2. The second-order valence-corrected chi connectivity index (χ2v) is 6.30. The van der Waals surface area contributed by atoms with E-state index in [1.54, 1.807) is 56.8 Å². The highest BCUT2D eigenvalue weighted by atomic mass is 16.5. The van der Waals surface area contributed by atoms with Gasteiger partial charge in [0.05, 0.1) is 26.0 Å². The van der Waals surface area contributed by atoms with Gasteiger partial charge in [0.1, 0.15) is 11.5 Å². The van der Waals surface area contributed by atoms with Crippen LogP contribution in [0.25, 0.3) is 10.9 Å². The van der Waals surface area contributed by atoms with Gasteiger partial charge in [0, 0.05) is 23.2 Å². The fraction of sp³-hybridized carbons (Fsp3) is 0.0870. The van der Waals surface area contributed by atoms with Crippen molar-refractivity contribution in [2.75, 3.05) is 14.2 Å². The molecule has 2 aromatic heterocycles. The van der Waals surface area contributed by atoms with E-state index in [0.717, 1.165) is 5.39 Å². The van der Waals surface area contributed by atoms with Gasteiger partial charge in [0.15, 0.2) is 17.3 Å². The second kappa shape index (κ2) is 8.08. The summed E-state index contributed by atoms with van der Waals surface area (Å²) in [5.41, 5.74) is 0.927. The fourth-order valence-electron chi connectivity index (χ4n) is 2.99. The standard InChI is InChI=1S/C23H17NO6/c1-27-20-12-16-17(13-21(20)28-2)24-10-9-18(16)30-15-7-5-14(6-8-15)22(25)23(26)19-4-3-11-29-19/h3-13H,1-2H3. The number of rotatable bonds is 7. The van der Waals surface area contributed by atoms with Crippen LogP contribution in [-0.2, 0) is 0 Å². The second-order valence-electron chi connectivity index (χ2n) is 6.30. The predicted molar refractivity (Wildman–Crippen MR) is 109 cm³/mol. The lowest BCUT2D eigenvalue weighted by molar-refractivity contribution is 0.0801. The summed E-state index contributed by atoms with van der Waals surface area (Å²) in [6.45, 7) is 0. The maximum absolute atomic E-state index is 12.3. The fourth-order valence-corrected chi connectivity index (χ4v) is 2.99. The lowest BCUT2D eigenvalue weighted by atomic mass is 10.1. The summed E-state index contributed by atoms with van der Waals surface area (Å²) in [5, 5.41) is 0.739. The number of fused-ring (bicyclic) bond motifs is 1. The topological polar surface area (TPSA) is 87.9 Å². The zero-order chi connectivity index (χ0) is 21.1. The van der Waals surface area contributed by atoms with Crippen LogP contribution < -0.4 is 14.2 Å². The highest BCUT2D eigenvalue weighted by Gasteiger charge is 2.20. The van der Waals surface area contributed by atoms with Crippen molar-refractivity contribution in [3.8, 4) is 23.0 Å². The van der Waals surface area contributed by atoms with E-state index < -0.39 is 11.6 Å². The van der Waals surface area contributed by atoms with Crippen LogP contribution in [0, 0.1) is 0 Å². The molecule has 0 unspecified atom stereocenters. The molecule has 0 atom stereocenters. The number of pyridine rings is 1. The van der Waals surface area contributed by atoms with E-state index in [9.17, 15) is 9.59 Å². The van der Waals surface area contributed by atoms with E-state index in [1.165, 1.54) is 24.5 Å². The third-order valence-corrected chi connectivity index (χ3v) is 4.50. The first-order chi connectivity index (χ1) is 14.6. The molecule has 0 bridgehead atoms. The van der Waals surface area contributed by atoms with Crippen LogP contribution in [0.15, 0.2) is 71.5 Å². The summed E-state index contributed by atoms with van der Waals surface area (Å²) < 4.78 is 21.6. The summed E-state index contributed by atoms with van der Waals surface area (Å²) in [4.78, 5) is 28.8. The van der Waals surface area contributed by atoms with Crippen molar-refractivity contribution in [3.05, 3.63) is 78.4 Å². The molecule has 2 aromatic carbocycles. The number of carbonyl (C=O) groups is 2. The molecule has 150 valence electrons. The number of aromatic nitrogens is 1. The third kappa shape index (κ3) is 3.60. The number of carbonyl (C=O) groups excluding carboxylic acids is 2. The number of methoxy groups -OCH3 is 2. The van der Waals surface area contributed by atoms with Gasteiger partial charge in [-0.2, -0.15) is 0 Å². The van der Waals surface area contributed by atoms with Crippen molar-refractivity contribution < 1.29 is 28.2 Å². The Morgan fingerprint density at radius 3 is 2.27 bits per heavy atom. The van der Waals surface area contributed by atoms with Gasteiger partial charge < -0.3 is 18.6 Å². The van der Waals surface area contributed by atoms with E-state index in [-0.39, 0.29) is 11.3 Å². The Balaban J connectivity index is 1.60. The average molecular weight is 403 g/mol. The zero-order valence-electron chi connectivity index (χ0n) is 16.2. The molecule has 4 rings (SSSR count). The zero-order valence-corrected chi connectivity index (χ0v) is 16.2. The van der Waals surface area contributed by atoms with Gasteiger partial charge in [-0.05, 0) is 48.5 Å². The van der Waals surface area contributed by atoms with Crippen LogP contribution in [0.4, 0.5) is 0 Å². The van der Waals surface area contributed by atoms with Crippen LogP contribution in [0.3, 0.4) is 0 Å². The molecule has 0 spiro atoms. The molecule has 0 fully saturated rings. The first-order valence-electron chi connectivity index (χ1n) is 9.02. The van der Waals surface area contributed by atoms with Crippen LogP contribution in [0.1, 0.15) is 20.9 Å². The Bertz CT molecular complexity index is 1210.